The molecular formula is C29H33N3O2. The van der Waals surface area contributed by atoms with Crippen molar-refractivity contribution in [2.24, 2.45) is 0 Å². The van der Waals surface area contributed by atoms with Gasteiger partial charge in [-0.15, -0.1) is 0 Å². The third-order valence-corrected chi connectivity index (χ3v) is 7.43. The second kappa shape index (κ2) is 9.57. The van der Waals surface area contributed by atoms with Crippen molar-refractivity contribution in [2.75, 3.05) is 31.1 Å². The topological polar surface area (TPSA) is 53.5 Å². The summed E-state index contributed by atoms with van der Waals surface area (Å²) in [5.74, 6) is 1.13. The first-order valence-electron chi connectivity index (χ1n) is 12.5. The summed E-state index contributed by atoms with van der Waals surface area (Å²) in [7, 11) is 0. The van der Waals surface area contributed by atoms with Crippen LogP contribution in [0.5, 0.6) is 0 Å². The van der Waals surface area contributed by atoms with Crippen molar-refractivity contribution in [1.82, 2.24) is 9.88 Å². The van der Waals surface area contributed by atoms with Gasteiger partial charge in [-0.05, 0) is 73.9 Å². The molecule has 1 aliphatic heterocycles. The number of amides is 1. The summed E-state index contributed by atoms with van der Waals surface area (Å²) in [6.07, 6.45) is 5.17. The summed E-state index contributed by atoms with van der Waals surface area (Å²) in [5, 5.41) is 1.20. The van der Waals surface area contributed by atoms with Crippen LogP contribution in [0.3, 0.4) is 0 Å². The van der Waals surface area contributed by atoms with E-state index in [2.05, 4.69) is 55.1 Å². The number of piperazine rings is 1. The SMILES string of the molecule is Cc1cc(N2CCN(C(=O)CCC(=O)c3ccc4c(c3)CCCC4)CC2)nc2c(C)cccc12. The van der Waals surface area contributed by atoms with Crippen LogP contribution in [-0.4, -0.2) is 47.8 Å². The number of benzene rings is 2. The Balaban J connectivity index is 1.17. The highest BCUT2D eigenvalue weighted by molar-refractivity contribution is 5.98. The Morgan fingerprint density at radius 3 is 2.41 bits per heavy atom. The second-order valence-electron chi connectivity index (χ2n) is 9.75. The van der Waals surface area contributed by atoms with E-state index in [0.717, 1.165) is 42.8 Å². The van der Waals surface area contributed by atoms with Crippen molar-refractivity contribution >= 4 is 28.4 Å². The Morgan fingerprint density at radius 2 is 1.62 bits per heavy atom. The van der Waals surface area contributed by atoms with Crippen LogP contribution in [0, 0.1) is 13.8 Å². The fraction of sp³-hybridized carbons (Fsp3) is 0.414. The first-order valence-corrected chi connectivity index (χ1v) is 12.5. The highest BCUT2D eigenvalue weighted by Gasteiger charge is 2.23. The first kappa shape index (κ1) is 22.6. The Labute approximate surface area is 201 Å². The molecule has 2 aromatic carbocycles. The van der Waals surface area contributed by atoms with Crippen molar-refractivity contribution in [1.29, 1.82) is 0 Å². The summed E-state index contributed by atoms with van der Waals surface area (Å²) in [6, 6.07) is 14.5. The van der Waals surface area contributed by atoms with Crippen LogP contribution in [0.15, 0.2) is 42.5 Å². The first-order chi connectivity index (χ1) is 16.5. The highest BCUT2D eigenvalue weighted by Crippen LogP contribution is 2.26. The molecule has 1 amide bonds. The molecule has 0 bridgehead atoms. The minimum atomic E-state index is 0.0736. The number of ketones is 1. The number of aromatic nitrogens is 1. The Kier molecular flexibility index (Phi) is 6.36. The molecule has 3 aromatic rings. The fourth-order valence-corrected chi connectivity index (χ4v) is 5.32. The Bertz CT molecular complexity index is 1240. The Morgan fingerprint density at radius 1 is 0.853 bits per heavy atom. The predicted octanol–water partition coefficient (Wildman–Crippen LogP) is 5.04. The molecule has 0 spiro atoms. The quantitative estimate of drug-likeness (QED) is 0.506. The summed E-state index contributed by atoms with van der Waals surface area (Å²) in [6.45, 7) is 7.08. The van der Waals surface area contributed by atoms with E-state index in [1.165, 1.54) is 40.5 Å². The average molecular weight is 456 g/mol. The Hall–Kier alpha value is -3.21. The summed E-state index contributed by atoms with van der Waals surface area (Å²) >= 11 is 0. The van der Waals surface area contributed by atoms with Crippen LogP contribution < -0.4 is 4.90 Å². The van der Waals surface area contributed by atoms with Crippen molar-refractivity contribution in [2.45, 2.75) is 52.4 Å². The molecule has 0 atom stereocenters. The number of fused-ring (bicyclic) bond motifs is 2. The monoisotopic (exact) mass is 455 g/mol. The fourth-order valence-electron chi connectivity index (χ4n) is 5.32. The molecule has 5 heteroatoms. The largest absolute Gasteiger partial charge is 0.353 e. The van der Waals surface area contributed by atoms with Crippen molar-refractivity contribution < 1.29 is 9.59 Å². The number of hydrogen-bond donors (Lipinski definition) is 0. The minimum absolute atomic E-state index is 0.0736. The van der Waals surface area contributed by atoms with E-state index in [-0.39, 0.29) is 24.5 Å². The van der Waals surface area contributed by atoms with Crippen molar-refractivity contribution in [3.63, 3.8) is 0 Å². The van der Waals surface area contributed by atoms with Crippen LogP contribution in [-0.2, 0) is 17.6 Å². The lowest BCUT2D eigenvalue weighted by atomic mass is 9.89. The van der Waals surface area contributed by atoms with Gasteiger partial charge in [0, 0.05) is 50.0 Å². The lowest BCUT2D eigenvalue weighted by molar-refractivity contribution is -0.131. The summed E-state index contributed by atoms with van der Waals surface area (Å²) < 4.78 is 0. The van der Waals surface area contributed by atoms with Gasteiger partial charge in [-0.2, -0.15) is 0 Å². The van der Waals surface area contributed by atoms with E-state index in [4.69, 9.17) is 4.98 Å². The molecule has 5 nitrogen and oxygen atoms in total. The average Bonchev–Trinajstić information content (AvgIpc) is 2.87. The molecule has 0 unspecified atom stereocenters. The van der Waals surface area contributed by atoms with Crippen LogP contribution in [0.1, 0.15) is 58.3 Å². The van der Waals surface area contributed by atoms with Gasteiger partial charge in [0.2, 0.25) is 5.91 Å². The number of carbonyl (C=O) groups excluding carboxylic acids is 2. The lowest BCUT2D eigenvalue weighted by Gasteiger charge is -2.35. The van der Waals surface area contributed by atoms with Gasteiger partial charge in [0.1, 0.15) is 5.82 Å². The van der Waals surface area contributed by atoms with Crippen molar-refractivity contribution in [3.05, 3.63) is 70.3 Å². The number of aryl methyl sites for hydroxylation is 4. The zero-order valence-corrected chi connectivity index (χ0v) is 20.3. The van der Waals surface area contributed by atoms with Gasteiger partial charge in [-0.25, -0.2) is 4.98 Å². The predicted molar refractivity (Wildman–Crippen MR) is 137 cm³/mol. The third kappa shape index (κ3) is 4.56. The lowest BCUT2D eigenvalue weighted by Crippen LogP contribution is -2.49. The van der Waals surface area contributed by atoms with E-state index in [9.17, 15) is 9.59 Å². The van der Waals surface area contributed by atoms with Crippen LogP contribution in [0.2, 0.25) is 0 Å². The standard InChI is InChI=1S/C29H33N3O2/c1-20-6-5-9-25-21(2)18-27(30-29(20)25)31-14-16-32(17-15-31)28(34)13-12-26(33)24-11-10-22-7-3-4-8-23(22)19-24/h5-6,9-11,18-19H,3-4,7-8,12-17H2,1-2H3. The zero-order valence-electron chi connectivity index (χ0n) is 20.3. The van der Waals surface area contributed by atoms with Crippen LogP contribution >= 0.6 is 0 Å². The van der Waals surface area contributed by atoms with Gasteiger partial charge in [-0.3, -0.25) is 9.59 Å². The second-order valence-corrected chi connectivity index (χ2v) is 9.75. The van der Waals surface area contributed by atoms with Crippen LogP contribution in [0.4, 0.5) is 5.82 Å². The molecule has 176 valence electrons. The molecule has 0 saturated carbocycles. The van der Waals surface area contributed by atoms with Crippen molar-refractivity contribution in [3.8, 4) is 0 Å². The molecule has 5 rings (SSSR count). The zero-order chi connectivity index (χ0) is 23.7. The van der Waals surface area contributed by atoms with Gasteiger partial charge in [0.05, 0.1) is 5.52 Å². The van der Waals surface area contributed by atoms with Gasteiger partial charge in [0.25, 0.3) is 0 Å². The number of Topliss-reactive ketones (excluding diaryl/α,β-unsaturated/α-hetero) is 1. The van der Waals surface area contributed by atoms with Gasteiger partial charge in [0.15, 0.2) is 5.78 Å². The molecule has 0 N–H and O–H groups in total. The molecular weight excluding hydrogens is 422 g/mol. The maximum atomic E-state index is 12.8. The molecule has 2 aliphatic rings. The number of carbonyl (C=O) groups is 2. The maximum absolute atomic E-state index is 12.8. The van der Waals surface area contributed by atoms with Gasteiger partial charge in [-0.1, -0.05) is 30.3 Å². The summed E-state index contributed by atoms with van der Waals surface area (Å²) in [5.41, 5.74) is 6.90. The molecule has 1 fully saturated rings. The number of rotatable bonds is 5. The number of anilines is 1. The van der Waals surface area contributed by atoms with E-state index in [1.807, 2.05) is 11.0 Å². The van der Waals surface area contributed by atoms with E-state index in [1.54, 1.807) is 0 Å². The highest BCUT2D eigenvalue weighted by atomic mass is 16.2. The summed E-state index contributed by atoms with van der Waals surface area (Å²) in [4.78, 5) is 34.7. The number of hydrogen-bond acceptors (Lipinski definition) is 4. The third-order valence-electron chi connectivity index (χ3n) is 7.43. The molecule has 34 heavy (non-hydrogen) atoms. The van der Waals surface area contributed by atoms with E-state index in [0.29, 0.717) is 13.1 Å². The molecule has 1 aromatic heterocycles. The molecule has 1 saturated heterocycles. The minimum Gasteiger partial charge on any atom is -0.353 e. The van der Waals surface area contributed by atoms with E-state index < -0.39 is 0 Å². The van der Waals surface area contributed by atoms with Gasteiger partial charge < -0.3 is 9.80 Å². The number of pyridine rings is 1. The molecule has 2 heterocycles. The number of nitrogens with zero attached hydrogens (tertiary/aromatic N) is 3. The molecule has 0 radical (unpaired) electrons. The van der Waals surface area contributed by atoms with E-state index >= 15 is 0 Å². The van der Waals surface area contributed by atoms with Gasteiger partial charge >= 0.3 is 0 Å². The molecule has 1 aliphatic carbocycles. The smallest absolute Gasteiger partial charge is 0.223 e. The van der Waals surface area contributed by atoms with Crippen LogP contribution in [0.25, 0.3) is 10.9 Å². The maximum Gasteiger partial charge on any atom is 0.223 e. The normalized spacial score (nSPS) is 15.9. The number of para-hydroxylation sites is 1.